The van der Waals surface area contributed by atoms with Crippen molar-refractivity contribution in [2.24, 2.45) is 11.8 Å². The maximum atomic E-state index is 13.6. The first-order valence-corrected chi connectivity index (χ1v) is 16.2. The van der Waals surface area contributed by atoms with E-state index in [0.29, 0.717) is 12.0 Å². The predicted octanol–water partition coefficient (Wildman–Crippen LogP) is 3.59. The van der Waals surface area contributed by atoms with Crippen LogP contribution in [0.25, 0.3) is 0 Å². The highest BCUT2D eigenvalue weighted by Crippen LogP contribution is 2.31. The number of fused-ring (bicyclic) bond motifs is 2. The number of carbonyl (C=O) groups excluding carboxylic acids is 7. The Kier molecular flexibility index (Phi) is 15.9. The van der Waals surface area contributed by atoms with Gasteiger partial charge in [-0.25, -0.2) is 0 Å². The van der Waals surface area contributed by atoms with Crippen molar-refractivity contribution in [1.82, 2.24) is 5.32 Å². The summed E-state index contributed by atoms with van der Waals surface area (Å²) < 4.78 is 28.5. The van der Waals surface area contributed by atoms with Gasteiger partial charge in [-0.05, 0) is 64.9 Å². The number of nitrogens with one attached hydrogen (secondary N) is 1. The first-order valence-electron chi connectivity index (χ1n) is 16.2. The lowest BCUT2D eigenvalue weighted by Crippen LogP contribution is -2.40. The van der Waals surface area contributed by atoms with E-state index in [-0.39, 0.29) is 59.3 Å². The number of hydrogen-bond donors (Lipinski definition) is 1. The van der Waals surface area contributed by atoms with E-state index in [4.69, 9.17) is 23.7 Å². The highest BCUT2D eigenvalue weighted by atomic mass is 16.6. The van der Waals surface area contributed by atoms with Crippen molar-refractivity contribution >= 4 is 41.0 Å². The fraction of sp³-hybridized carbons (Fsp3) is 0.583. The minimum Gasteiger partial charge on any atom is -0.492 e. The Morgan fingerprint density at radius 3 is 2.02 bits per heavy atom. The maximum Gasteiger partial charge on any atom is 0.313 e. The fourth-order valence-corrected chi connectivity index (χ4v) is 5.91. The number of methoxy groups -OCH3 is 3. The first kappa shape index (κ1) is 40.9. The normalized spacial score (nSPS) is 28.3. The van der Waals surface area contributed by atoms with Crippen LogP contribution in [0.5, 0.6) is 0 Å². The summed E-state index contributed by atoms with van der Waals surface area (Å²) in [5.74, 6) is -5.03. The number of ether oxygens (including phenoxy) is 5. The Balaban J connectivity index is 2.70. The molecule has 1 heterocycles. The molecule has 0 saturated carbocycles. The SMILES string of the molecule is COC1=C2C[C@@H](C)C[C@H](OC)[C@H](OC(=O)CC(C)=O)[C@@H](C)/C=C(\C)[C@H](OC(=O)CC(C)=O)[C@@H](OC)CC/C=C(\C)C(=O)NC(=CC1=O)C2=O. The lowest BCUT2D eigenvalue weighted by atomic mass is 9.85. The molecular weight excluding hydrogens is 638 g/mol. The second-order valence-corrected chi connectivity index (χ2v) is 12.7. The summed E-state index contributed by atoms with van der Waals surface area (Å²) in [4.78, 5) is 88.6. The molecule has 1 amide bonds. The largest absolute Gasteiger partial charge is 0.492 e. The van der Waals surface area contributed by atoms with Gasteiger partial charge >= 0.3 is 11.9 Å². The predicted molar refractivity (Wildman–Crippen MR) is 177 cm³/mol. The van der Waals surface area contributed by atoms with E-state index in [1.807, 2.05) is 6.92 Å². The molecule has 13 nitrogen and oxygen atoms in total. The lowest BCUT2D eigenvalue weighted by molar-refractivity contribution is -0.161. The number of ketones is 4. The molecule has 1 N–H and O–H groups in total. The van der Waals surface area contributed by atoms with Crippen molar-refractivity contribution in [3.8, 4) is 0 Å². The van der Waals surface area contributed by atoms with Crippen LogP contribution in [-0.4, -0.2) is 86.7 Å². The minimum atomic E-state index is -0.954. The Labute approximate surface area is 287 Å². The van der Waals surface area contributed by atoms with E-state index in [0.717, 1.165) is 6.08 Å². The third-order valence-electron chi connectivity index (χ3n) is 8.31. The summed E-state index contributed by atoms with van der Waals surface area (Å²) in [5, 5.41) is 2.55. The van der Waals surface area contributed by atoms with Crippen LogP contribution in [0, 0.1) is 11.8 Å². The number of Topliss-reactive ketones (excluding diaryl/α,β-unsaturated/α-hetero) is 3. The number of esters is 2. The summed E-state index contributed by atoms with van der Waals surface area (Å²) in [7, 11) is 4.17. The molecule has 0 fully saturated rings. The van der Waals surface area contributed by atoms with Crippen LogP contribution >= 0.6 is 0 Å². The van der Waals surface area contributed by atoms with Gasteiger partial charge in [0.2, 0.25) is 11.6 Å². The van der Waals surface area contributed by atoms with Gasteiger partial charge in [-0.3, -0.25) is 33.6 Å². The molecule has 2 aliphatic rings. The molecule has 0 aromatic rings. The molecule has 0 radical (unpaired) electrons. The zero-order chi connectivity index (χ0) is 37.0. The van der Waals surface area contributed by atoms with Gasteiger partial charge in [0.05, 0.1) is 25.0 Å². The molecule has 13 heteroatoms. The highest BCUT2D eigenvalue weighted by Gasteiger charge is 2.36. The van der Waals surface area contributed by atoms with Crippen LogP contribution in [0.1, 0.15) is 80.1 Å². The summed E-state index contributed by atoms with van der Waals surface area (Å²) in [5.41, 5.74) is 0.709. The number of carbonyl (C=O) groups is 7. The number of amides is 1. The van der Waals surface area contributed by atoms with Gasteiger partial charge < -0.3 is 29.0 Å². The molecule has 270 valence electrons. The first-order chi connectivity index (χ1) is 23.0. The molecular formula is C36H49NO12. The van der Waals surface area contributed by atoms with Gasteiger partial charge in [0.25, 0.3) is 5.91 Å². The average Bonchev–Trinajstić information content (AvgIpc) is 3.01. The Bertz CT molecular complexity index is 1430. The second kappa shape index (κ2) is 19.1. The lowest BCUT2D eigenvalue weighted by Gasteiger charge is -2.33. The maximum absolute atomic E-state index is 13.6. The van der Waals surface area contributed by atoms with Crippen molar-refractivity contribution in [2.75, 3.05) is 21.3 Å². The molecule has 49 heavy (non-hydrogen) atoms. The summed E-state index contributed by atoms with van der Waals surface area (Å²) in [6.07, 6.45) is 1.03. The summed E-state index contributed by atoms with van der Waals surface area (Å²) >= 11 is 0. The molecule has 2 bridgehead atoms. The van der Waals surface area contributed by atoms with Crippen molar-refractivity contribution in [3.63, 3.8) is 0 Å². The van der Waals surface area contributed by atoms with Gasteiger partial charge in [0.1, 0.15) is 36.6 Å². The van der Waals surface area contributed by atoms with Crippen LogP contribution in [0.2, 0.25) is 0 Å². The van der Waals surface area contributed by atoms with E-state index in [2.05, 4.69) is 5.32 Å². The molecule has 0 aromatic carbocycles. The third kappa shape index (κ3) is 12.0. The average molecular weight is 688 g/mol. The van der Waals surface area contributed by atoms with E-state index in [1.54, 1.807) is 32.9 Å². The molecule has 1 aliphatic heterocycles. The van der Waals surface area contributed by atoms with Gasteiger partial charge in [0, 0.05) is 37.4 Å². The zero-order valence-electron chi connectivity index (χ0n) is 29.8. The van der Waals surface area contributed by atoms with Gasteiger partial charge in [-0.15, -0.1) is 0 Å². The van der Waals surface area contributed by atoms with E-state index < -0.39 is 72.6 Å². The summed E-state index contributed by atoms with van der Waals surface area (Å²) in [6.45, 7) is 9.43. The van der Waals surface area contributed by atoms with Crippen molar-refractivity contribution in [2.45, 2.75) is 104 Å². The van der Waals surface area contributed by atoms with E-state index in [1.165, 1.54) is 35.2 Å². The Morgan fingerprint density at radius 2 is 1.47 bits per heavy atom. The van der Waals surface area contributed by atoms with Crippen LogP contribution in [0.4, 0.5) is 0 Å². The van der Waals surface area contributed by atoms with Gasteiger partial charge in [-0.2, -0.15) is 0 Å². The Morgan fingerprint density at radius 1 is 0.878 bits per heavy atom. The molecule has 0 saturated heterocycles. The molecule has 0 unspecified atom stereocenters. The van der Waals surface area contributed by atoms with Crippen molar-refractivity contribution in [1.29, 1.82) is 0 Å². The molecule has 0 aromatic heterocycles. The van der Waals surface area contributed by atoms with Crippen LogP contribution < -0.4 is 5.32 Å². The molecule has 1 aliphatic carbocycles. The number of hydrogen-bond acceptors (Lipinski definition) is 12. The molecule has 2 rings (SSSR count). The van der Waals surface area contributed by atoms with Gasteiger partial charge in [-0.1, -0.05) is 26.0 Å². The summed E-state index contributed by atoms with van der Waals surface area (Å²) in [6, 6.07) is 0. The quantitative estimate of drug-likeness (QED) is 0.162. The highest BCUT2D eigenvalue weighted by molar-refractivity contribution is 6.23. The standard InChI is InChI=1S/C36H49NO12/c1-19-13-25-32(43)26(18-27(40)35(25)47-9)37-36(44)20(2)11-10-12-28(45-7)33(48-30(41)16-23(5)38)21(3)15-22(4)34(29(14-19)46-8)49-31(42)17-24(6)39/h11,15,18-19,22,28-29,33-34H,10,12-14,16-17H2,1-9H3,(H,37,44)/b20-11+,21-15+/t19-,22+,28+,29+,33+,34-/m1/s1. The van der Waals surface area contributed by atoms with E-state index >= 15 is 0 Å². The monoisotopic (exact) mass is 687 g/mol. The smallest absolute Gasteiger partial charge is 0.313 e. The zero-order valence-corrected chi connectivity index (χ0v) is 29.8. The number of rotatable bonds is 9. The van der Waals surface area contributed by atoms with Gasteiger partial charge in [0.15, 0.2) is 5.76 Å². The second-order valence-electron chi connectivity index (χ2n) is 12.7. The third-order valence-corrected chi connectivity index (χ3v) is 8.31. The van der Waals surface area contributed by atoms with Crippen LogP contribution in [0.15, 0.2) is 46.4 Å². The van der Waals surface area contributed by atoms with Crippen molar-refractivity contribution < 1.29 is 57.2 Å². The Hall–Kier alpha value is -4.23. The minimum absolute atomic E-state index is 0.0662. The molecule has 6 atom stereocenters. The fourth-order valence-electron chi connectivity index (χ4n) is 5.91. The van der Waals surface area contributed by atoms with Crippen LogP contribution in [-0.2, 0) is 57.2 Å². The topological polar surface area (TPSA) is 178 Å². The van der Waals surface area contributed by atoms with Crippen LogP contribution in [0.3, 0.4) is 0 Å². The molecule has 0 spiro atoms. The number of allylic oxidation sites excluding steroid dienone is 3. The van der Waals surface area contributed by atoms with Crippen molar-refractivity contribution in [3.05, 3.63) is 46.4 Å². The van der Waals surface area contributed by atoms with E-state index in [9.17, 15) is 33.6 Å².